The number of benzene rings is 2. The van der Waals surface area contributed by atoms with Gasteiger partial charge in [0.15, 0.2) is 5.82 Å². The Hall–Kier alpha value is -2.61. The number of anilines is 4. The standard InChI is InChI=1S/C15H10BrF2N5/c16-9-1-4-11(5-2-9)20-14-8-19-23-15(22-14)21-13-6-3-10(17)7-12(13)18/h1-8H,(H2,20,21,22,23). The molecule has 0 atom stereocenters. The van der Waals surface area contributed by atoms with Crippen molar-refractivity contribution >= 4 is 39.1 Å². The minimum Gasteiger partial charge on any atom is -0.339 e. The van der Waals surface area contributed by atoms with Gasteiger partial charge >= 0.3 is 0 Å². The Kier molecular flexibility index (Phi) is 4.42. The van der Waals surface area contributed by atoms with Crippen LogP contribution in [0.25, 0.3) is 0 Å². The lowest BCUT2D eigenvalue weighted by molar-refractivity contribution is 0.586. The molecule has 0 amide bonds. The van der Waals surface area contributed by atoms with E-state index in [1.807, 2.05) is 24.3 Å². The molecule has 0 saturated heterocycles. The Labute approximate surface area is 138 Å². The lowest BCUT2D eigenvalue weighted by atomic mass is 10.3. The molecule has 3 rings (SSSR count). The maximum atomic E-state index is 13.6. The van der Waals surface area contributed by atoms with E-state index >= 15 is 0 Å². The predicted octanol–water partition coefficient (Wildman–Crippen LogP) is 4.40. The summed E-state index contributed by atoms with van der Waals surface area (Å²) in [6.45, 7) is 0. The third kappa shape index (κ3) is 3.98. The van der Waals surface area contributed by atoms with Crippen molar-refractivity contribution in [2.75, 3.05) is 10.6 Å². The average molecular weight is 378 g/mol. The van der Waals surface area contributed by atoms with Crippen LogP contribution in [-0.4, -0.2) is 15.2 Å². The van der Waals surface area contributed by atoms with Crippen molar-refractivity contribution in [3.05, 3.63) is 64.8 Å². The molecule has 2 N–H and O–H groups in total. The van der Waals surface area contributed by atoms with Crippen molar-refractivity contribution in [2.24, 2.45) is 0 Å². The first-order valence-electron chi connectivity index (χ1n) is 6.54. The van der Waals surface area contributed by atoms with Crippen LogP contribution < -0.4 is 10.6 Å². The first-order chi connectivity index (χ1) is 11.1. The second-order valence-corrected chi connectivity index (χ2v) is 5.46. The van der Waals surface area contributed by atoms with Gasteiger partial charge in [0.1, 0.15) is 11.6 Å². The Morgan fingerprint density at radius 3 is 2.48 bits per heavy atom. The van der Waals surface area contributed by atoms with Crippen LogP contribution in [0.3, 0.4) is 0 Å². The maximum absolute atomic E-state index is 13.6. The maximum Gasteiger partial charge on any atom is 0.249 e. The summed E-state index contributed by atoms with van der Waals surface area (Å²) in [6, 6.07) is 10.7. The molecule has 1 aromatic heterocycles. The number of halogens is 3. The fourth-order valence-electron chi connectivity index (χ4n) is 1.81. The first kappa shape index (κ1) is 15.3. The highest BCUT2D eigenvalue weighted by Gasteiger charge is 2.07. The van der Waals surface area contributed by atoms with Gasteiger partial charge in [0.25, 0.3) is 0 Å². The molecule has 0 aliphatic carbocycles. The topological polar surface area (TPSA) is 62.7 Å². The number of nitrogens with one attached hydrogen (secondary N) is 2. The van der Waals surface area contributed by atoms with Gasteiger partial charge in [0.05, 0.1) is 11.9 Å². The van der Waals surface area contributed by atoms with Gasteiger partial charge in [-0.25, -0.2) is 8.78 Å². The van der Waals surface area contributed by atoms with E-state index in [0.29, 0.717) is 5.82 Å². The van der Waals surface area contributed by atoms with Crippen molar-refractivity contribution < 1.29 is 8.78 Å². The Morgan fingerprint density at radius 2 is 1.74 bits per heavy atom. The largest absolute Gasteiger partial charge is 0.339 e. The summed E-state index contributed by atoms with van der Waals surface area (Å²) in [5, 5.41) is 13.3. The Bertz CT molecular complexity index is 826. The third-order valence-electron chi connectivity index (χ3n) is 2.85. The van der Waals surface area contributed by atoms with Gasteiger partial charge in [-0.1, -0.05) is 15.9 Å². The van der Waals surface area contributed by atoms with Crippen molar-refractivity contribution in [3.63, 3.8) is 0 Å². The molecule has 23 heavy (non-hydrogen) atoms. The summed E-state index contributed by atoms with van der Waals surface area (Å²) in [6.07, 6.45) is 1.44. The van der Waals surface area contributed by atoms with E-state index in [-0.39, 0.29) is 11.6 Å². The number of nitrogens with zero attached hydrogens (tertiary/aromatic N) is 3. The summed E-state index contributed by atoms with van der Waals surface area (Å²) < 4.78 is 27.5. The number of hydrogen-bond acceptors (Lipinski definition) is 5. The molecular formula is C15H10BrF2N5. The smallest absolute Gasteiger partial charge is 0.249 e. The first-order valence-corrected chi connectivity index (χ1v) is 7.34. The summed E-state index contributed by atoms with van der Waals surface area (Å²) in [5.74, 6) is -0.859. The molecule has 2 aromatic carbocycles. The van der Waals surface area contributed by atoms with E-state index in [1.54, 1.807) is 0 Å². The van der Waals surface area contributed by atoms with E-state index in [1.165, 1.54) is 12.3 Å². The molecule has 8 heteroatoms. The van der Waals surface area contributed by atoms with Gasteiger partial charge in [-0.15, -0.1) is 5.10 Å². The zero-order valence-electron chi connectivity index (χ0n) is 11.6. The highest BCUT2D eigenvalue weighted by Crippen LogP contribution is 2.20. The molecule has 0 bridgehead atoms. The average Bonchev–Trinajstić information content (AvgIpc) is 2.53. The fraction of sp³-hybridized carbons (Fsp3) is 0. The predicted molar refractivity (Wildman–Crippen MR) is 86.9 cm³/mol. The van der Waals surface area contributed by atoms with Crippen LogP contribution in [0, 0.1) is 11.6 Å². The molecule has 0 saturated carbocycles. The molecule has 5 nitrogen and oxygen atoms in total. The van der Waals surface area contributed by atoms with Gasteiger partial charge in [-0.3, -0.25) is 0 Å². The van der Waals surface area contributed by atoms with Crippen molar-refractivity contribution in [1.29, 1.82) is 0 Å². The van der Waals surface area contributed by atoms with Gasteiger partial charge < -0.3 is 10.6 Å². The summed E-state index contributed by atoms with van der Waals surface area (Å²) in [5.41, 5.74) is 0.876. The Morgan fingerprint density at radius 1 is 0.957 bits per heavy atom. The molecule has 0 radical (unpaired) electrons. The van der Waals surface area contributed by atoms with Gasteiger partial charge in [-0.2, -0.15) is 10.1 Å². The van der Waals surface area contributed by atoms with Gasteiger partial charge in [-0.05, 0) is 36.4 Å². The number of hydrogen-bond donors (Lipinski definition) is 2. The van der Waals surface area contributed by atoms with E-state index < -0.39 is 11.6 Å². The lowest BCUT2D eigenvalue weighted by Gasteiger charge is -2.08. The van der Waals surface area contributed by atoms with E-state index in [0.717, 1.165) is 22.3 Å². The Balaban J connectivity index is 1.78. The zero-order valence-corrected chi connectivity index (χ0v) is 13.2. The lowest BCUT2D eigenvalue weighted by Crippen LogP contribution is -2.03. The molecule has 0 fully saturated rings. The normalized spacial score (nSPS) is 10.4. The van der Waals surface area contributed by atoms with Gasteiger partial charge in [0.2, 0.25) is 5.95 Å². The molecule has 116 valence electrons. The van der Waals surface area contributed by atoms with E-state index in [4.69, 9.17) is 0 Å². The summed E-state index contributed by atoms with van der Waals surface area (Å²) >= 11 is 3.35. The molecule has 0 spiro atoms. The highest BCUT2D eigenvalue weighted by atomic mass is 79.9. The third-order valence-corrected chi connectivity index (χ3v) is 3.38. The highest BCUT2D eigenvalue weighted by molar-refractivity contribution is 9.10. The van der Waals surface area contributed by atoms with Crippen molar-refractivity contribution in [1.82, 2.24) is 15.2 Å². The second-order valence-electron chi connectivity index (χ2n) is 4.55. The van der Waals surface area contributed by atoms with E-state index in [2.05, 4.69) is 41.7 Å². The summed E-state index contributed by atoms with van der Waals surface area (Å²) in [7, 11) is 0. The van der Waals surface area contributed by atoms with Crippen LogP contribution in [0.4, 0.5) is 31.9 Å². The molecule has 0 unspecified atom stereocenters. The molecule has 0 aliphatic rings. The van der Waals surface area contributed by atoms with Crippen LogP contribution >= 0.6 is 15.9 Å². The monoisotopic (exact) mass is 377 g/mol. The molecule has 0 aliphatic heterocycles. The van der Waals surface area contributed by atoms with Crippen LogP contribution in [0.1, 0.15) is 0 Å². The van der Waals surface area contributed by atoms with Gasteiger partial charge in [0, 0.05) is 16.2 Å². The number of rotatable bonds is 4. The van der Waals surface area contributed by atoms with Crippen LogP contribution in [0.5, 0.6) is 0 Å². The SMILES string of the molecule is Fc1ccc(Nc2nncc(Nc3ccc(Br)cc3)n2)c(F)c1. The quantitative estimate of drug-likeness (QED) is 0.705. The van der Waals surface area contributed by atoms with Crippen LogP contribution in [0.15, 0.2) is 53.1 Å². The summed E-state index contributed by atoms with van der Waals surface area (Å²) in [4.78, 5) is 4.18. The molecule has 3 aromatic rings. The van der Waals surface area contributed by atoms with Crippen molar-refractivity contribution in [2.45, 2.75) is 0 Å². The second kappa shape index (κ2) is 6.66. The zero-order chi connectivity index (χ0) is 16.2. The fourth-order valence-corrected chi connectivity index (χ4v) is 2.07. The van der Waals surface area contributed by atoms with Crippen LogP contribution in [0.2, 0.25) is 0 Å². The van der Waals surface area contributed by atoms with E-state index in [9.17, 15) is 8.78 Å². The minimum atomic E-state index is -0.736. The number of aromatic nitrogens is 3. The minimum absolute atomic E-state index is 0.0639. The van der Waals surface area contributed by atoms with Crippen LogP contribution in [-0.2, 0) is 0 Å². The molecule has 1 heterocycles. The molecular weight excluding hydrogens is 368 g/mol. The van der Waals surface area contributed by atoms with Crippen molar-refractivity contribution in [3.8, 4) is 0 Å².